The van der Waals surface area contributed by atoms with E-state index in [-0.39, 0.29) is 6.61 Å². The summed E-state index contributed by atoms with van der Waals surface area (Å²) >= 11 is 3.53. The maximum Gasteiger partial charge on any atom is 0.223 e. The van der Waals surface area contributed by atoms with Gasteiger partial charge in [0.05, 0.1) is 17.9 Å². The number of rotatable bonds is 3. The average molecular weight is 325 g/mol. The lowest BCUT2D eigenvalue weighted by molar-refractivity contribution is 0.274. The number of aliphatic hydroxyl groups excluding tert-OH is 1. The molecule has 5 heteroatoms. The molecule has 1 aromatic carbocycles. The van der Waals surface area contributed by atoms with E-state index in [1.54, 1.807) is 11.7 Å². The molecule has 0 bridgehead atoms. The maximum absolute atomic E-state index is 9.40. The summed E-state index contributed by atoms with van der Waals surface area (Å²) in [6, 6.07) is 3.92. The SMILES string of the molecule is Cc1cc(Oc2c(CO)c(C)nn2C)cc(C)c1Br. The van der Waals surface area contributed by atoms with E-state index in [0.717, 1.165) is 32.6 Å². The van der Waals surface area contributed by atoms with Gasteiger partial charge in [-0.25, -0.2) is 4.68 Å². The fourth-order valence-corrected chi connectivity index (χ4v) is 2.30. The molecule has 0 unspecified atom stereocenters. The lowest BCUT2D eigenvalue weighted by Gasteiger charge is -2.11. The van der Waals surface area contributed by atoms with Gasteiger partial charge in [-0.1, -0.05) is 15.9 Å². The molecule has 0 aliphatic carbocycles. The summed E-state index contributed by atoms with van der Waals surface area (Å²) in [7, 11) is 1.81. The lowest BCUT2D eigenvalue weighted by atomic mass is 10.1. The van der Waals surface area contributed by atoms with Crippen molar-refractivity contribution in [3.8, 4) is 11.6 Å². The largest absolute Gasteiger partial charge is 0.439 e. The number of benzene rings is 1. The van der Waals surface area contributed by atoms with Gasteiger partial charge >= 0.3 is 0 Å². The van der Waals surface area contributed by atoms with E-state index in [1.807, 2.05) is 32.9 Å². The molecule has 0 radical (unpaired) electrons. The van der Waals surface area contributed by atoms with Gasteiger partial charge in [0, 0.05) is 11.5 Å². The number of aromatic nitrogens is 2. The Morgan fingerprint density at radius 3 is 2.37 bits per heavy atom. The summed E-state index contributed by atoms with van der Waals surface area (Å²) in [4.78, 5) is 0. The first-order valence-corrected chi connectivity index (χ1v) is 6.81. The Morgan fingerprint density at radius 1 is 1.26 bits per heavy atom. The Bertz CT molecular complexity index is 597. The van der Waals surface area contributed by atoms with Gasteiger partial charge in [0.2, 0.25) is 5.88 Å². The Morgan fingerprint density at radius 2 is 1.84 bits per heavy atom. The third-order valence-electron chi connectivity index (χ3n) is 3.07. The Hall–Kier alpha value is -1.33. The van der Waals surface area contributed by atoms with E-state index in [9.17, 15) is 5.11 Å². The van der Waals surface area contributed by atoms with Crippen molar-refractivity contribution in [3.05, 3.63) is 39.0 Å². The number of halogens is 1. The van der Waals surface area contributed by atoms with Gasteiger partial charge in [0.15, 0.2) is 0 Å². The van der Waals surface area contributed by atoms with Crippen LogP contribution in [0, 0.1) is 20.8 Å². The van der Waals surface area contributed by atoms with Crippen molar-refractivity contribution in [1.82, 2.24) is 9.78 Å². The lowest BCUT2D eigenvalue weighted by Crippen LogP contribution is -1.98. The van der Waals surface area contributed by atoms with Gasteiger partial charge in [0.25, 0.3) is 0 Å². The molecule has 0 atom stereocenters. The number of nitrogens with zero attached hydrogens (tertiary/aromatic N) is 2. The van der Waals surface area contributed by atoms with Crippen molar-refractivity contribution in [3.63, 3.8) is 0 Å². The van der Waals surface area contributed by atoms with E-state index < -0.39 is 0 Å². The zero-order valence-corrected chi connectivity index (χ0v) is 13.1. The molecule has 2 aromatic rings. The third-order valence-corrected chi connectivity index (χ3v) is 4.32. The monoisotopic (exact) mass is 324 g/mol. The van der Waals surface area contributed by atoms with Crippen LogP contribution in [-0.4, -0.2) is 14.9 Å². The minimum absolute atomic E-state index is 0.0799. The number of aryl methyl sites for hydroxylation is 4. The summed E-state index contributed by atoms with van der Waals surface area (Å²) in [6.07, 6.45) is 0. The first-order chi connectivity index (χ1) is 8.93. The van der Waals surface area contributed by atoms with Crippen molar-refractivity contribution in [2.45, 2.75) is 27.4 Å². The molecule has 0 spiro atoms. The highest BCUT2D eigenvalue weighted by atomic mass is 79.9. The molecular weight excluding hydrogens is 308 g/mol. The van der Waals surface area contributed by atoms with E-state index >= 15 is 0 Å². The third kappa shape index (κ3) is 2.67. The summed E-state index contributed by atoms with van der Waals surface area (Å²) in [5.41, 5.74) is 3.73. The number of hydrogen-bond acceptors (Lipinski definition) is 3. The molecule has 2 rings (SSSR count). The van der Waals surface area contributed by atoms with Crippen LogP contribution in [0.25, 0.3) is 0 Å². The molecule has 102 valence electrons. The van der Waals surface area contributed by atoms with Crippen LogP contribution in [0.3, 0.4) is 0 Å². The zero-order chi connectivity index (χ0) is 14.2. The normalized spacial score (nSPS) is 10.8. The standard InChI is InChI=1S/C14H17BrN2O2/c1-8-5-11(6-9(2)13(8)15)19-14-12(7-18)10(3)16-17(14)4/h5-6,18H,7H2,1-4H3. The molecule has 0 saturated carbocycles. The predicted octanol–water partition coefficient (Wildman–Crippen LogP) is 3.39. The summed E-state index contributed by atoms with van der Waals surface area (Å²) in [6.45, 7) is 5.82. The van der Waals surface area contributed by atoms with E-state index in [0.29, 0.717) is 5.88 Å². The molecule has 0 aliphatic heterocycles. The van der Waals surface area contributed by atoms with Crippen molar-refractivity contribution in [2.75, 3.05) is 0 Å². The molecule has 19 heavy (non-hydrogen) atoms. The Labute approximate surface area is 121 Å². The average Bonchev–Trinajstić information content (AvgIpc) is 2.60. The van der Waals surface area contributed by atoms with Gasteiger partial charge in [-0.15, -0.1) is 0 Å². The van der Waals surface area contributed by atoms with Crippen LogP contribution in [0.5, 0.6) is 11.6 Å². The molecule has 0 fully saturated rings. The highest BCUT2D eigenvalue weighted by Gasteiger charge is 2.15. The second-order valence-electron chi connectivity index (χ2n) is 4.62. The summed E-state index contributed by atoms with van der Waals surface area (Å²) in [5.74, 6) is 1.33. The number of ether oxygens (including phenoxy) is 1. The van der Waals surface area contributed by atoms with Crippen LogP contribution in [-0.2, 0) is 13.7 Å². The number of aliphatic hydroxyl groups is 1. The fraction of sp³-hybridized carbons (Fsp3) is 0.357. The minimum Gasteiger partial charge on any atom is -0.439 e. The fourth-order valence-electron chi connectivity index (χ4n) is 2.07. The van der Waals surface area contributed by atoms with Crippen molar-refractivity contribution >= 4 is 15.9 Å². The topological polar surface area (TPSA) is 47.3 Å². The van der Waals surface area contributed by atoms with Crippen LogP contribution >= 0.6 is 15.9 Å². The maximum atomic E-state index is 9.40. The van der Waals surface area contributed by atoms with Crippen LogP contribution in [0.1, 0.15) is 22.4 Å². The van der Waals surface area contributed by atoms with Crippen molar-refractivity contribution in [2.24, 2.45) is 7.05 Å². The van der Waals surface area contributed by atoms with Gasteiger partial charge in [0.1, 0.15) is 5.75 Å². The van der Waals surface area contributed by atoms with Crippen molar-refractivity contribution in [1.29, 1.82) is 0 Å². The smallest absolute Gasteiger partial charge is 0.223 e. The molecule has 1 heterocycles. The number of hydrogen-bond donors (Lipinski definition) is 1. The van der Waals surface area contributed by atoms with Crippen molar-refractivity contribution < 1.29 is 9.84 Å². The second-order valence-corrected chi connectivity index (χ2v) is 5.42. The molecule has 1 N–H and O–H groups in total. The molecule has 0 aliphatic rings. The van der Waals surface area contributed by atoms with Gasteiger partial charge in [-0.3, -0.25) is 0 Å². The second kappa shape index (κ2) is 5.35. The first kappa shape index (κ1) is 14.1. The van der Waals surface area contributed by atoms with Crippen LogP contribution in [0.2, 0.25) is 0 Å². The molecule has 0 amide bonds. The Kier molecular flexibility index (Phi) is 3.96. The van der Waals surface area contributed by atoms with Crippen LogP contribution < -0.4 is 4.74 Å². The van der Waals surface area contributed by atoms with Crippen LogP contribution in [0.4, 0.5) is 0 Å². The Balaban J connectivity index is 2.42. The molecule has 1 aromatic heterocycles. The van der Waals surface area contributed by atoms with E-state index in [4.69, 9.17) is 4.74 Å². The highest BCUT2D eigenvalue weighted by Crippen LogP contribution is 2.31. The van der Waals surface area contributed by atoms with Gasteiger partial charge in [-0.2, -0.15) is 5.10 Å². The summed E-state index contributed by atoms with van der Waals surface area (Å²) in [5, 5.41) is 13.7. The quantitative estimate of drug-likeness (QED) is 0.941. The minimum atomic E-state index is -0.0799. The van der Waals surface area contributed by atoms with E-state index in [1.165, 1.54) is 0 Å². The summed E-state index contributed by atoms with van der Waals surface area (Å²) < 4.78 is 8.62. The highest BCUT2D eigenvalue weighted by molar-refractivity contribution is 9.10. The van der Waals surface area contributed by atoms with Gasteiger partial charge in [-0.05, 0) is 44.0 Å². The molecule has 4 nitrogen and oxygen atoms in total. The first-order valence-electron chi connectivity index (χ1n) is 6.02. The van der Waals surface area contributed by atoms with E-state index in [2.05, 4.69) is 21.0 Å². The van der Waals surface area contributed by atoms with Crippen LogP contribution in [0.15, 0.2) is 16.6 Å². The predicted molar refractivity (Wildman–Crippen MR) is 77.6 cm³/mol. The van der Waals surface area contributed by atoms with Gasteiger partial charge < -0.3 is 9.84 Å². The molecule has 0 saturated heterocycles. The zero-order valence-electron chi connectivity index (χ0n) is 11.5. The molecular formula is C14H17BrN2O2.